The first-order valence-electron chi connectivity index (χ1n) is 9.29. The molecule has 7 heteroatoms. The summed E-state index contributed by atoms with van der Waals surface area (Å²) < 4.78 is 13.0. The molecule has 26 heavy (non-hydrogen) atoms. The molecule has 1 aromatic carbocycles. The van der Waals surface area contributed by atoms with Gasteiger partial charge in [0.2, 0.25) is 11.8 Å². The van der Waals surface area contributed by atoms with Crippen molar-refractivity contribution in [2.75, 3.05) is 0 Å². The molecule has 1 heterocycles. The maximum Gasteiger partial charge on any atom is 0.223 e. The largest absolute Gasteiger partial charge is 0.353 e. The third-order valence-corrected chi connectivity index (χ3v) is 5.93. The smallest absolute Gasteiger partial charge is 0.223 e. The summed E-state index contributed by atoms with van der Waals surface area (Å²) in [4.78, 5) is 24.2. The van der Waals surface area contributed by atoms with Crippen LogP contribution in [0.1, 0.15) is 50.5 Å². The number of thioether (sulfide) groups is 1. The predicted octanol–water partition coefficient (Wildman–Crippen LogP) is 2.66. The first-order chi connectivity index (χ1) is 12.6. The van der Waals surface area contributed by atoms with Crippen LogP contribution in [0.4, 0.5) is 4.39 Å². The van der Waals surface area contributed by atoms with E-state index in [1.54, 1.807) is 12.1 Å². The molecule has 3 N–H and O–H groups in total. The van der Waals surface area contributed by atoms with Crippen LogP contribution in [0.2, 0.25) is 0 Å². The second kappa shape index (κ2) is 9.37. The molecule has 2 atom stereocenters. The molecule has 0 radical (unpaired) electrons. The van der Waals surface area contributed by atoms with Gasteiger partial charge in [0.15, 0.2) is 0 Å². The van der Waals surface area contributed by atoms with Crippen LogP contribution in [0, 0.1) is 5.82 Å². The third kappa shape index (κ3) is 5.99. The molecule has 1 aromatic rings. The number of carbonyl (C=O) groups excluding carboxylic acids is 2. The monoisotopic (exact) mass is 379 g/mol. The number of hydrogen-bond acceptors (Lipinski definition) is 4. The zero-order valence-corrected chi connectivity index (χ0v) is 15.6. The van der Waals surface area contributed by atoms with Crippen LogP contribution < -0.4 is 16.0 Å². The van der Waals surface area contributed by atoms with E-state index in [1.807, 2.05) is 0 Å². The van der Waals surface area contributed by atoms with E-state index in [1.165, 1.54) is 43.2 Å². The van der Waals surface area contributed by atoms with Gasteiger partial charge >= 0.3 is 0 Å². The number of nitrogens with one attached hydrogen (secondary N) is 3. The van der Waals surface area contributed by atoms with Crippen LogP contribution in [-0.2, 0) is 15.3 Å². The lowest BCUT2D eigenvalue weighted by molar-refractivity contribution is -0.125. The Balaban J connectivity index is 1.45. The molecule has 2 unspecified atom stereocenters. The minimum atomic E-state index is -0.258. The molecule has 2 amide bonds. The van der Waals surface area contributed by atoms with Crippen molar-refractivity contribution in [2.45, 2.75) is 68.3 Å². The number of rotatable bonds is 6. The van der Waals surface area contributed by atoms with Gasteiger partial charge in [0, 0.05) is 30.7 Å². The van der Waals surface area contributed by atoms with E-state index in [9.17, 15) is 14.0 Å². The lowest BCUT2D eigenvalue weighted by Crippen LogP contribution is -2.56. The molecule has 1 saturated heterocycles. The molecule has 1 saturated carbocycles. The van der Waals surface area contributed by atoms with Gasteiger partial charge in [0.25, 0.3) is 0 Å². The van der Waals surface area contributed by atoms with Crippen molar-refractivity contribution in [1.82, 2.24) is 16.0 Å². The molecule has 0 bridgehead atoms. The number of hydrogen-bond donors (Lipinski definition) is 3. The van der Waals surface area contributed by atoms with Gasteiger partial charge in [-0.25, -0.2) is 4.39 Å². The summed E-state index contributed by atoms with van der Waals surface area (Å²) in [5.41, 5.74) is 0.749. The Labute approximate surface area is 157 Å². The summed E-state index contributed by atoms with van der Waals surface area (Å²) in [5.74, 6) is 0.369. The van der Waals surface area contributed by atoms with Gasteiger partial charge in [0.05, 0.1) is 0 Å². The highest BCUT2D eigenvalue weighted by atomic mass is 32.2. The maximum absolute atomic E-state index is 13.0. The lowest BCUT2D eigenvalue weighted by atomic mass is 9.95. The van der Waals surface area contributed by atoms with Gasteiger partial charge in [-0.15, -0.1) is 11.8 Å². The molecule has 0 aromatic heterocycles. The van der Waals surface area contributed by atoms with Crippen LogP contribution in [0.3, 0.4) is 0 Å². The third-order valence-electron chi connectivity index (χ3n) is 4.84. The van der Waals surface area contributed by atoms with Gasteiger partial charge in [-0.05, 0) is 30.5 Å². The van der Waals surface area contributed by atoms with Gasteiger partial charge in [-0.3, -0.25) is 14.9 Å². The van der Waals surface area contributed by atoms with Gasteiger partial charge in [-0.1, -0.05) is 31.4 Å². The van der Waals surface area contributed by atoms with E-state index in [2.05, 4.69) is 16.0 Å². The van der Waals surface area contributed by atoms with Crippen LogP contribution in [-0.4, -0.2) is 29.4 Å². The van der Waals surface area contributed by atoms with Crippen molar-refractivity contribution in [2.24, 2.45) is 0 Å². The van der Waals surface area contributed by atoms with E-state index in [0.29, 0.717) is 18.6 Å². The van der Waals surface area contributed by atoms with Crippen LogP contribution in [0.25, 0.3) is 0 Å². The number of halogens is 1. The maximum atomic E-state index is 13.0. The fourth-order valence-corrected chi connectivity index (χ4v) is 4.54. The van der Waals surface area contributed by atoms with Crippen molar-refractivity contribution in [1.29, 1.82) is 0 Å². The quantitative estimate of drug-likeness (QED) is 0.711. The summed E-state index contributed by atoms with van der Waals surface area (Å²) >= 11 is 1.53. The summed E-state index contributed by atoms with van der Waals surface area (Å²) in [6.07, 6.45) is 6.35. The predicted molar refractivity (Wildman–Crippen MR) is 101 cm³/mol. The molecule has 0 spiro atoms. The fraction of sp³-hybridized carbons (Fsp3) is 0.579. The first kappa shape index (κ1) is 19.2. The standard InChI is InChI=1S/C19H26FN3O2S/c20-14-8-6-13(7-9-14)12-26-19-22-16(11-18(25)23-19)10-17(24)21-15-4-2-1-3-5-15/h6-9,15-16,19,22H,1-5,10-12H2,(H,21,24)(H,23,25). The normalized spacial score (nSPS) is 24.1. The topological polar surface area (TPSA) is 70.2 Å². The Morgan fingerprint density at radius 3 is 2.65 bits per heavy atom. The minimum absolute atomic E-state index is 0.0198. The highest BCUT2D eigenvalue weighted by Gasteiger charge is 2.28. The summed E-state index contributed by atoms with van der Waals surface area (Å²) in [6.45, 7) is 0. The van der Waals surface area contributed by atoms with Crippen LogP contribution >= 0.6 is 11.8 Å². The molecule has 3 rings (SSSR count). The zero-order chi connectivity index (χ0) is 18.4. The summed E-state index contributed by atoms with van der Waals surface area (Å²) in [5, 5.41) is 9.33. The molecule has 5 nitrogen and oxygen atoms in total. The molecule has 1 aliphatic heterocycles. The second-order valence-electron chi connectivity index (χ2n) is 7.06. The molecule has 1 aliphatic carbocycles. The summed E-state index contributed by atoms with van der Waals surface area (Å²) in [7, 11) is 0. The lowest BCUT2D eigenvalue weighted by Gasteiger charge is -2.31. The van der Waals surface area contributed by atoms with Crippen LogP contribution in [0.5, 0.6) is 0 Å². The Morgan fingerprint density at radius 1 is 1.19 bits per heavy atom. The highest BCUT2D eigenvalue weighted by Crippen LogP contribution is 2.20. The van der Waals surface area contributed by atoms with E-state index < -0.39 is 0 Å². The van der Waals surface area contributed by atoms with Crippen molar-refractivity contribution in [3.8, 4) is 0 Å². The molecule has 2 fully saturated rings. The molecular formula is C19H26FN3O2S. The van der Waals surface area contributed by atoms with Crippen molar-refractivity contribution < 1.29 is 14.0 Å². The Bertz CT molecular complexity index is 620. The number of amides is 2. The van der Waals surface area contributed by atoms with E-state index in [0.717, 1.165) is 18.4 Å². The van der Waals surface area contributed by atoms with E-state index in [-0.39, 0.29) is 35.2 Å². The zero-order valence-electron chi connectivity index (χ0n) is 14.8. The van der Waals surface area contributed by atoms with Crippen molar-refractivity contribution in [3.63, 3.8) is 0 Å². The average molecular weight is 380 g/mol. The Kier molecular flexibility index (Phi) is 6.91. The van der Waals surface area contributed by atoms with Gasteiger partial charge < -0.3 is 10.6 Å². The van der Waals surface area contributed by atoms with Crippen molar-refractivity contribution >= 4 is 23.6 Å². The van der Waals surface area contributed by atoms with Gasteiger partial charge in [0.1, 0.15) is 11.3 Å². The minimum Gasteiger partial charge on any atom is -0.353 e. The second-order valence-corrected chi connectivity index (χ2v) is 8.15. The molecule has 142 valence electrons. The van der Waals surface area contributed by atoms with Crippen molar-refractivity contribution in [3.05, 3.63) is 35.6 Å². The van der Waals surface area contributed by atoms with Gasteiger partial charge in [-0.2, -0.15) is 0 Å². The van der Waals surface area contributed by atoms with E-state index >= 15 is 0 Å². The molecular weight excluding hydrogens is 353 g/mol. The van der Waals surface area contributed by atoms with E-state index in [4.69, 9.17) is 0 Å². The average Bonchev–Trinajstić information content (AvgIpc) is 2.61. The molecule has 2 aliphatic rings. The fourth-order valence-electron chi connectivity index (χ4n) is 3.48. The number of benzene rings is 1. The Morgan fingerprint density at radius 2 is 1.92 bits per heavy atom. The SMILES string of the molecule is O=C(CC1CC(=O)NC(SCc2ccc(F)cc2)N1)NC1CCCCC1. The van der Waals surface area contributed by atoms with Crippen LogP contribution in [0.15, 0.2) is 24.3 Å². The Hall–Kier alpha value is -1.60. The number of carbonyl (C=O) groups is 2. The first-order valence-corrected chi connectivity index (χ1v) is 10.3. The summed E-state index contributed by atoms with van der Waals surface area (Å²) in [6, 6.07) is 6.47. The highest BCUT2D eigenvalue weighted by molar-refractivity contribution is 7.99.